The molecule has 0 aromatic heterocycles. The summed E-state index contributed by atoms with van der Waals surface area (Å²) in [4.78, 5) is 22.4. The average molecular weight is 343 g/mol. The summed E-state index contributed by atoms with van der Waals surface area (Å²) in [5, 5.41) is 14.2. The maximum absolute atomic E-state index is 11.9. The first-order valence-corrected chi connectivity index (χ1v) is 7.06. The topological polar surface area (TPSA) is 78.4 Å². The normalized spacial score (nSPS) is 11.0. The van der Waals surface area contributed by atoms with E-state index in [1.165, 1.54) is 0 Å². The zero-order valence-corrected chi connectivity index (χ0v) is 13.4. The van der Waals surface area contributed by atoms with E-state index >= 15 is 0 Å². The number of anilines is 1. The Morgan fingerprint density at radius 2 is 2.00 bits per heavy atom. The lowest BCUT2D eigenvalue weighted by molar-refractivity contribution is -0.137. The Morgan fingerprint density at radius 1 is 1.35 bits per heavy atom. The fourth-order valence-corrected chi connectivity index (χ4v) is 1.92. The van der Waals surface area contributed by atoms with Crippen LogP contribution in [0, 0.1) is 6.92 Å². The summed E-state index contributed by atoms with van der Waals surface area (Å²) in [6.45, 7) is 5.52. The monoisotopic (exact) mass is 342 g/mol. The van der Waals surface area contributed by atoms with Crippen molar-refractivity contribution < 1.29 is 14.7 Å². The van der Waals surface area contributed by atoms with Crippen molar-refractivity contribution >= 4 is 33.6 Å². The number of carbonyl (C=O) groups excluding carboxylic acids is 1. The van der Waals surface area contributed by atoms with Gasteiger partial charge in [-0.2, -0.15) is 0 Å². The number of aliphatic carboxylic acids is 1. The summed E-state index contributed by atoms with van der Waals surface area (Å²) in [6.07, 6.45) is 0.389. The van der Waals surface area contributed by atoms with Gasteiger partial charge in [0.2, 0.25) is 0 Å². The van der Waals surface area contributed by atoms with Crippen molar-refractivity contribution in [1.82, 2.24) is 5.32 Å². The van der Waals surface area contributed by atoms with Crippen LogP contribution in [0.5, 0.6) is 0 Å². The zero-order chi connectivity index (χ0) is 15.3. The summed E-state index contributed by atoms with van der Waals surface area (Å²) < 4.78 is 0.977. The second-order valence-corrected chi connectivity index (χ2v) is 6.18. The van der Waals surface area contributed by atoms with E-state index in [2.05, 4.69) is 26.6 Å². The van der Waals surface area contributed by atoms with E-state index in [-0.39, 0.29) is 12.5 Å². The highest BCUT2D eigenvalue weighted by Crippen LogP contribution is 2.20. The van der Waals surface area contributed by atoms with Crippen molar-refractivity contribution in [2.45, 2.75) is 39.2 Å². The van der Waals surface area contributed by atoms with Gasteiger partial charge in [0.25, 0.3) is 0 Å². The minimum atomic E-state index is -0.871. The molecule has 110 valence electrons. The Labute approximate surface area is 126 Å². The number of rotatable bonds is 5. The van der Waals surface area contributed by atoms with Crippen molar-refractivity contribution in [3.63, 3.8) is 0 Å². The van der Waals surface area contributed by atoms with Crippen LogP contribution in [-0.4, -0.2) is 22.6 Å². The number of hydrogen-bond acceptors (Lipinski definition) is 2. The highest BCUT2D eigenvalue weighted by molar-refractivity contribution is 9.10. The van der Waals surface area contributed by atoms with Gasteiger partial charge in [0.15, 0.2) is 0 Å². The fraction of sp³-hybridized carbons (Fsp3) is 0.429. The number of carboxylic acid groups (broad SMARTS) is 1. The molecule has 1 rings (SSSR count). The van der Waals surface area contributed by atoms with E-state index in [4.69, 9.17) is 5.11 Å². The Balaban J connectivity index is 2.58. The summed E-state index contributed by atoms with van der Waals surface area (Å²) >= 11 is 3.39. The van der Waals surface area contributed by atoms with Gasteiger partial charge in [-0.15, -0.1) is 0 Å². The van der Waals surface area contributed by atoms with Crippen LogP contribution in [-0.2, 0) is 4.79 Å². The minimum Gasteiger partial charge on any atom is -0.481 e. The lowest BCUT2D eigenvalue weighted by Gasteiger charge is -2.25. The van der Waals surface area contributed by atoms with Crippen molar-refractivity contribution in [1.29, 1.82) is 0 Å². The zero-order valence-electron chi connectivity index (χ0n) is 11.8. The number of hydrogen-bond donors (Lipinski definition) is 3. The van der Waals surface area contributed by atoms with Crippen molar-refractivity contribution in [3.8, 4) is 0 Å². The maximum Gasteiger partial charge on any atom is 0.319 e. The Bertz CT molecular complexity index is 515. The predicted molar refractivity (Wildman–Crippen MR) is 82.0 cm³/mol. The smallest absolute Gasteiger partial charge is 0.319 e. The average Bonchev–Trinajstić information content (AvgIpc) is 2.31. The first-order chi connectivity index (χ1) is 9.19. The van der Waals surface area contributed by atoms with E-state index < -0.39 is 11.5 Å². The van der Waals surface area contributed by atoms with Gasteiger partial charge in [0.1, 0.15) is 0 Å². The number of amides is 2. The first kappa shape index (κ1) is 16.5. The summed E-state index contributed by atoms with van der Waals surface area (Å²) in [5.74, 6) is -0.871. The SMILES string of the molecule is Cc1cc(NC(=O)NC(C)(C)CCC(=O)O)ccc1Br. The molecule has 0 fully saturated rings. The second-order valence-electron chi connectivity index (χ2n) is 5.32. The second kappa shape index (κ2) is 6.74. The fourth-order valence-electron chi connectivity index (χ4n) is 1.67. The highest BCUT2D eigenvalue weighted by atomic mass is 79.9. The molecule has 0 heterocycles. The molecule has 0 spiro atoms. The van der Waals surface area contributed by atoms with Gasteiger partial charge in [-0.1, -0.05) is 15.9 Å². The molecule has 0 saturated carbocycles. The molecular formula is C14H19BrN2O3. The molecule has 0 atom stereocenters. The maximum atomic E-state index is 11.9. The number of carbonyl (C=O) groups is 2. The standard InChI is InChI=1S/C14H19BrN2O3/c1-9-8-10(4-5-11(9)15)16-13(20)17-14(2,3)7-6-12(18)19/h4-5,8H,6-7H2,1-3H3,(H,18,19)(H2,16,17,20). The van der Waals surface area contributed by atoms with Gasteiger partial charge in [-0.05, 0) is 51.0 Å². The molecule has 6 heteroatoms. The van der Waals surface area contributed by atoms with Crippen LogP contribution in [0.2, 0.25) is 0 Å². The molecule has 1 aromatic carbocycles. The number of halogens is 1. The van der Waals surface area contributed by atoms with Gasteiger partial charge in [-0.3, -0.25) is 4.79 Å². The largest absolute Gasteiger partial charge is 0.481 e. The third-order valence-electron chi connectivity index (χ3n) is 2.83. The van der Waals surface area contributed by atoms with Crippen LogP contribution in [0.1, 0.15) is 32.3 Å². The summed E-state index contributed by atoms with van der Waals surface area (Å²) in [6, 6.07) is 5.16. The van der Waals surface area contributed by atoms with Gasteiger partial charge in [0, 0.05) is 22.1 Å². The van der Waals surface area contributed by atoms with Crippen LogP contribution < -0.4 is 10.6 Å². The molecule has 1 aromatic rings. The molecular weight excluding hydrogens is 324 g/mol. The van der Waals surface area contributed by atoms with Crippen LogP contribution in [0.4, 0.5) is 10.5 Å². The van der Waals surface area contributed by atoms with Crippen LogP contribution in [0.3, 0.4) is 0 Å². The molecule has 20 heavy (non-hydrogen) atoms. The van der Waals surface area contributed by atoms with E-state index in [1.807, 2.05) is 19.1 Å². The van der Waals surface area contributed by atoms with Crippen molar-refractivity contribution in [2.75, 3.05) is 5.32 Å². The van der Waals surface area contributed by atoms with E-state index in [0.29, 0.717) is 12.1 Å². The molecule has 0 aliphatic rings. The predicted octanol–water partition coefficient (Wildman–Crippen LogP) is 3.52. The molecule has 0 unspecified atom stereocenters. The van der Waals surface area contributed by atoms with Crippen LogP contribution >= 0.6 is 15.9 Å². The van der Waals surface area contributed by atoms with E-state index in [1.54, 1.807) is 19.9 Å². The lowest BCUT2D eigenvalue weighted by Crippen LogP contribution is -2.45. The van der Waals surface area contributed by atoms with Gasteiger partial charge in [-0.25, -0.2) is 4.79 Å². The van der Waals surface area contributed by atoms with Gasteiger partial charge < -0.3 is 15.7 Å². The molecule has 5 nitrogen and oxygen atoms in total. The van der Waals surface area contributed by atoms with Crippen molar-refractivity contribution in [2.24, 2.45) is 0 Å². The van der Waals surface area contributed by atoms with E-state index in [9.17, 15) is 9.59 Å². The highest BCUT2D eigenvalue weighted by Gasteiger charge is 2.21. The first-order valence-electron chi connectivity index (χ1n) is 6.27. The third kappa shape index (κ3) is 5.61. The molecule has 0 radical (unpaired) electrons. The van der Waals surface area contributed by atoms with Gasteiger partial charge in [0.05, 0.1) is 0 Å². The van der Waals surface area contributed by atoms with Crippen LogP contribution in [0.25, 0.3) is 0 Å². The molecule has 2 amide bonds. The molecule has 0 aliphatic heterocycles. The van der Waals surface area contributed by atoms with E-state index in [0.717, 1.165) is 10.0 Å². The molecule has 0 bridgehead atoms. The summed E-state index contributed by atoms with van der Waals surface area (Å²) in [5.41, 5.74) is 1.14. The number of urea groups is 1. The molecule has 0 saturated heterocycles. The molecule has 3 N–H and O–H groups in total. The summed E-state index contributed by atoms with van der Waals surface area (Å²) in [7, 11) is 0. The number of nitrogens with one attached hydrogen (secondary N) is 2. The lowest BCUT2D eigenvalue weighted by atomic mass is 9.99. The molecule has 0 aliphatic carbocycles. The quantitative estimate of drug-likeness (QED) is 0.765. The Hall–Kier alpha value is -1.56. The van der Waals surface area contributed by atoms with Gasteiger partial charge >= 0.3 is 12.0 Å². The number of aryl methyl sites for hydroxylation is 1. The Kier molecular flexibility index (Phi) is 5.56. The third-order valence-corrected chi connectivity index (χ3v) is 3.72. The Morgan fingerprint density at radius 3 is 2.55 bits per heavy atom. The van der Waals surface area contributed by atoms with Crippen molar-refractivity contribution in [3.05, 3.63) is 28.2 Å². The minimum absolute atomic E-state index is 0.0185. The number of benzene rings is 1. The number of carboxylic acids is 1. The van der Waals surface area contributed by atoms with Crippen LogP contribution in [0.15, 0.2) is 22.7 Å².